The molecule has 0 radical (unpaired) electrons. The normalized spacial score (nSPS) is 14.8. The van der Waals surface area contributed by atoms with Crippen molar-refractivity contribution in [3.05, 3.63) is 48.2 Å². The summed E-state index contributed by atoms with van der Waals surface area (Å²) in [6.07, 6.45) is 10.9. The minimum atomic E-state index is -0.358. The first-order valence-corrected chi connectivity index (χ1v) is 9.64. The Kier molecular flexibility index (Phi) is 5.23. The van der Waals surface area contributed by atoms with Gasteiger partial charge in [0.25, 0.3) is 0 Å². The van der Waals surface area contributed by atoms with Crippen molar-refractivity contribution in [3.8, 4) is 17.0 Å². The molecule has 1 aromatic carbocycles. The molecule has 28 heavy (non-hydrogen) atoms. The number of hydrogen-bond acceptors (Lipinski definition) is 5. The van der Waals surface area contributed by atoms with E-state index in [0.29, 0.717) is 23.0 Å². The molecule has 6 nitrogen and oxygen atoms in total. The van der Waals surface area contributed by atoms with Gasteiger partial charge in [0.15, 0.2) is 11.6 Å². The predicted molar refractivity (Wildman–Crippen MR) is 106 cm³/mol. The molecule has 1 N–H and O–H groups in total. The van der Waals surface area contributed by atoms with E-state index in [2.05, 4.69) is 20.4 Å². The first-order chi connectivity index (χ1) is 13.6. The first kappa shape index (κ1) is 18.4. The van der Waals surface area contributed by atoms with Crippen molar-refractivity contribution in [1.82, 2.24) is 19.7 Å². The fraction of sp³-hybridized carbons (Fsp3) is 0.381. The fourth-order valence-electron chi connectivity index (χ4n) is 3.52. The molecule has 0 spiro atoms. The maximum atomic E-state index is 14.7. The van der Waals surface area contributed by atoms with Crippen LogP contribution in [0.2, 0.25) is 0 Å². The third-order valence-corrected chi connectivity index (χ3v) is 4.98. The van der Waals surface area contributed by atoms with Gasteiger partial charge >= 0.3 is 0 Å². The van der Waals surface area contributed by atoms with Gasteiger partial charge in [-0.2, -0.15) is 5.10 Å². The van der Waals surface area contributed by atoms with Gasteiger partial charge in [-0.1, -0.05) is 6.42 Å². The zero-order chi connectivity index (χ0) is 19.5. The van der Waals surface area contributed by atoms with Gasteiger partial charge in [0.2, 0.25) is 5.95 Å². The highest BCUT2D eigenvalue weighted by molar-refractivity contribution is 5.65. The molecule has 1 saturated carbocycles. The first-order valence-electron chi connectivity index (χ1n) is 9.64. The van der Waals surface area contributed by atoms with E-state index in [1.54, 1.807) is 23.1 Å². The third-order valence-electron chi connectivity index (χ3n) is 4.98. The van der Waals surface area contributed by atoms with Crippen LogP contribution in [0.5, 0.6) is 5.75 Å². The second kappa shape index (κ2) is 7.96. The monoisotopic (exact) mass is 381 g/mol. The van der Waals surface area contributed by atoms with Gasteiger partial charge in [0, 0.05) is 25.0 Å². The smallest absolute Gasteiger partial charge is 0.227 e. The summed E-state index contributed by atoms with van der Waals surface area (Å²) in [7, 11) is 1.84. The number of aryl methyl sites for hydroxylation is 2. The van der Waals surface area contributed by atoms with Crippen molar-refractivity contribution in [2.24, 2.45) is 7.05 Å². The zero-order valence-corrected chi connectivity index (χ0v) is 16.2. The van der Waals surface area contributed by atoms with E-state index in [1.807, 2.05) is 26.2 Å². The molecule has 0 unspecified atom stereocenters. The van der Waals surface area contributed by atoms with Crippen LogP contribution in [-0.2, 0) is 7.05 Å². The van der Waals surface area contributed by atoms with Gasteiger partial charge in [-0.05, 0) is 56.4 Å². The highest BCUT2D eigenvalue weighted by atomic mass is 19.1. The molecule has 0 amide bonds. The Balaban J connectivity index is 1.55. The van der Waals surface area contributed by atoms with Crippen LogP contribution in [-0.4, -0.2) is 25.9 Å². The van der Waals surface area contributed by atoms with Crippen molar-refractivity contribution < 1.29 is 9.13 Å². The Morgan fingerprint density at radius 3 is 2.71 bits per heavy atom. The number of ether oxygens (including phenoxy) is 1. The average Bonchev–Trinajstić information content (AvgIpc) is 3.10. The van der Waals surface area contributed by atoms with E-state index in [9.17, 15) is 4.39 Å². The van der Waals surface area contributed by atoms with E-state index in [1.165, 1.54) is 12.5 Å². The van der Waals surface area contributed by atoms with Crippen LogP contribution in [0.1, 0.15) is 37.7 Å². The quantitative estimate of drug-likeness (QED) is 0.689. The highest BCUT2D eigenvalue weighted by Crippen LogP contribution is 2.30. The van der Waals surface area contributed by atoms with Gasteiger partial charge in [0.1, 0.15) is 0 Å². The van der Waals surface area contributed by atoms with Crippen LogP contribution in [0.3, 0.4) is 0 Å². The minimum absolute atomic E-state index is 0.116. The molecular formula is C21H24FN5O. The summed E-state index contributed by atoms with van der Waals surface area (Å²) >= 11 is 0. The van der Waals surface area contributed by atoms with Gasteiger partial charge in [-0.3, -0.25) is 4.68 Å². The van der Waals surface area contributed by atoms with Crippen LogP contribution in [0.25, 0.3) is 11.3 Å². The number of nitrogens with one attached hydrogen (secondary N) is 1. The number of halogens is 1. The van der Waals surface area contributed by atoms with E-state index in [4.69, 9.17) is 4.74 Å². The van der Waals surface area contributed by atoms with Crippen molar-refractivity contribution in [2.75, 3.05) is 5.32 Å². The second-order valence-electron chi connectivity index (χ2n) is 7.28. The molecule has 2 heterocycles. The van der Waals surface area contributed by atoms with Gasteiger partial charge < -0.3 is 10.1 Å². The number of rotatable bonds is 5. The van der Waals surface area contributed by atoms with Crippen molar-refractivity contribution >= 4 is 11.6 Å². The Labute approximate surface area is 163 Å². The maximum Gasteiger partial charge on any atom is 0.227 e. The number of anilines is 2. The molecule has 0 saturated heterocycles. The Bertz CT molecular complexity index is 965. The highest BCUT2D eigenvalue weighted by Gasteiger charge is 2.17. The van der Waals surface area contributed by atoms with E-state index in [0.717, 1.165) is 36.9 Å². The van der Waals surface area contributed by atoms with Crippen molar-refractivity contribution in [3.63, 3.8) is 0 Å². The summed E-state index contributed by atoms with van der Waals surface area (Å²) < 4.78 is 22.3. The molecule has 1 aliphatic carbocycles. The molecule has 0 atom stereocenters. The Morgan fingerprint density at radius 2 is 2.00 bits per heavy atom. The molecule has 3 aromatic rings. The average molecular weight is 381 g/mol. The van der Waals surface area contributed by atoms with Crippen LogP contribution >= 0.6 is 0 Å². The minimum Gasteiger partial charge on any atom is -0.487 e. The molecule has 1 fully saturated rings. The lowest BCUT2D eigenvalue weighted by Gasteiger charge is -2.23. The lowest BCUT2D eigenvalue weighted by molar-refractivity contribution is 0.149. The molecule has 4 rings (SSSR count). The lowest BCUT2D eigenvalue weighted by atomic mass is 9.98. The van der Waals surface area contributed by atoms with E-state index in [-0.39, 0.29) is 11.9 Å². The second-order valence-corrected chi connectivity index (χ2v) is 7.28. The summed E-state index contributed by atoms with van der Waals surface area (Å²) in [6, 6.07) is 5.04. The topological polar surface area (TPSA) is 64.9 Å². The largest absolute Gasteiger partial charge is 0.487 e. The van der Waals surface area contributed by atoms with E-state index >= 15 is 0 Å². The molecule has 146 valence electrons. The standard InChI is InChI=1S/C21H24FN5O/c1-14-11-23-21(25-16-12-24-27(2)13-16)26-20(14)15-8-9-19(18(22)10-15)28-17-6-4-3-5-7-17/h8-13,17H,3-7H2,1-2H3,(H,23,25,26). The zero-order valence-electron chi connectivity index (χ0n) is 16.2. The maximum absolute atomic E-state index is 14.7. The summed E-state index contributed by atoms with van der Waals surface area (Å²) in [4.78, 5) is 8.88. The summed E-state index contributed by atoms with van der Waals surface area (Å²) in [5, 5.41) is 7.23. The summed E-state index contributed by atoms with van der Waals surface area (Å²) in [5.74, 6) is 0.399. The molecule has 0 bridgehead atoms. The third kappa shape index (κ3) is 4.13. The Morgan fingerprint density at radius 1 is 1.18 bits per heavy atom. The lowest BCUT2D eigenvalue weighted by Crippen LogP contribution is -2.20. The number of hydrogen-bond donors (Lipinski definition) is 1. The van der Waals surface area contributed by atoms with Crippen LogP contribution in [0, 0.1) is 12.7 Å². The number of aromatic nitrogens is 4. The van der Waals surface area contributed by atoms with E-state index < -0.39 is 0 Å². The van der Waals surface area contributed by atoms with Gasteiger partial charge in [-0.15, -0.1) is 0 Å². The fourth-order valence-corrected chi connectivity index (χ4v) is 3.52. The molecule has 2 aromatic heterocycles. The predicted octanol–water partition coefficient (Wildman–Crippen LogP) is 4.78. The van der Waals surface area contributed by atoms with Gasteiger partial charge in [0.05, 0.1) is 23.7 Å². The SMILES string of the molecule is Cc1cnc(Nc2cnn(C)c2)nc1-c1ccc(OC2CCCCC2)c(F)c1. The molecule has 0 aliphatic heterocycles. The molecular weight excluding hydrogens is 357 g/mol. The van der Waals surface area contributed by atoms with Crippen LogP contribution in [0.4, 0.5) is 16.0 Å². The van der Waals surface area contributed by atoms with Crippen molar-refractivity contribution in [1.29, 1.82) is 0 Å². The molecule has 7 heteroatoms. The van der Waals surface area contributed by atoms with Gasteiger partial charge in [-0.25, -0.2) is 14.4 Å². The number of nitrogens with zero attached hydrogens (tertiary/aromatic N) is 4. The molecule has 1 aliphatic rings. The van der Waals surface area contributed by atoms with Crippen LogP contribution < -0.4 is 10.1 Å². The van der Waals surface area contributed by atoms with Crippen molar-refractivity contribution in [2.45, 2.75) is 45.1 Å². The summed E-state index contributed by atoms with van der Waals surface area (Å²) in [5.41, 5.74) is 3.05. The summed E-state index contributed by atoms with van der Waals surface area (Å²) in [6.45, 7) is 1.91. The number of benzene rings is 1. The van der Waals surface area contributed by atoms with Crippen LogP contribution in [0.15, 0.2) is 36.8 Å². The Hall–Kier alpha value is -2.96.